The van der Waals surface area contributed by atoms with Crippen LogP contribution in [0, 0.1) is 5.82 Å². The number of alkyl halides is 2. The number of hydrogen-bond donors (Lipinski definition) is 1. The Morgan fingerprint density at radius 3 is 2.36 bits per heavy atom. The van der Waals surface area contributed by atoms with Crippen molar-refractivity contribution in [2.24, 2.45) is 0 Å². The fourth-order valence-corrected chi connectivity index (χ4v) is 3.31. The molecule has 1 heterocycles. The van der Waals surface area contributed by atoms with Crippen LogP contribution in [0.5, 0.6) is 0 Å². The van der Waals surface area contributed by atoms with E-state index >= 15 is 0 Å². The molecule has 0 radical (unpaired) electrons. The standard InChI is InChI=1S/C22H21ClF3N3O4/c23-16-3-5-17(6-4-16)29(22(32)28-7-9-33-10-8-28)13-15-2-1-14(11-18(15)24)19(30)12-27-21(31)20(25)26/h1-6,11,20H,7-10,12-13H2,(H,27,31). The monoisotopic (exact) mass is 483 g/mol. The van der Waals surface area contributed by atoms with Gasteiger partial charge in [-0.2, -0.15) is 8.78 Å². The van der Waals surface area contributed by atoms with Crippen molar-refractivity contribution in [1.82, 2.24) is 10.2 Å². The van der Waals surface area contributed by atoms with Crippen molar-refractivity contribution >= 4 is 35.0 Å². The lowest BCUT2D eigenvalue weighted by Gasteiger charge is -2.33. The molecule has 3 amide bonds. The van der Waals surface area contributed by atoms with Crippen molar-refractivity contribution in [2.75, 3.05) is 37.7 Å². The van der Waals surface area contributed by atoms with Gasteiger partial charge < -0.3 is 15.0 Å². The molecule has 0 aliphatic carbocycles. The third kappa shape index (κ3) is 6.45. The number of urea groups is 1. The Hall–Kier alpha value is -3.11. The van der Waals surface area contributed by atoms with Gasteiger partial charge in [0.2, 0.25) is 0 Å². The zero-order chi connectivity index (χ0) is 24.0. The minimum Gasteiger partial charge on any atom is -0.378 e. The molecule has 33 heavy (non-hydrogen) atoms. The summed E-state index contributed by atoms with van der Waals surface area (Å²) >= 11 is 5.95. The second-order valence-corrected chi connectivity index (χ2v) is 7.63. The molecule has 0 spiro atoms. The molecule has 1 fully saturated rings. The predicted octanol–water partition coefficient (Wildman–Crippen LogP) is 3.50. The zero-order valence-corrected chi connectivity index (χ0v) is 18.2. The van der Waals surface area contributed by atoms with E-state index in [-0.39, 0.29) is 23.7 Å². The van der Waals surface area contributed by atoms with Gasteiger partial charge in [-0.3, -0.25) is 14.5 Å². The molecule has 3 rings (SSSR count). The molecule has 11 heteroatoms. The lowest BCUT2D eigenvalue weighted by Crippen LogP contribution is -2.48. The van der Waals surface area contributed by atoms with Crippen molar-refractivity contribution < 1.29 is 32.3 Å². The Morgan fingerprint density at radius 1 is 1.09 bits per heavy atom. The first-order valence-corrected chi connectivity index (χ1v) is 10.4. The Morgan fingerprint density at radius 2 is 1.76 bits per heavy atom. The molecule has 0 aromatic heterocycles. The van der Waals surface area contributed by atoms with Crippen LogP contribution >= 0.6 is 11.6 Å². The molecule has 1 aliphatic heterocycles. The first-order valence-electron chi connectivity index (χ1n) is 10.0. The van der Waals surface area contributed by atoms with E-state index in [9.17, 15) is 27.6 Å². The van der Waals surface area contributed by atoms with E-state index in [4.69, 9.17) is 16.3 Å². The van der Waals surface area contributed by atoms with Gasteiger partial charge in [0.15, 0.2) is 5.78 Å². The fraction of sp³-hybridized carbons (Fsp3) is 0.318. The number of ether oxygens (including phenoxy) is 1. The molecule has 7 nitrogen and oxygen atoms in total. The van der Waals surface area contributed by atoms with E-state index < -0.39 is 30.5 Å². The second-order valence-electron chi connectivity index (χ2n) is 7.19. The molecule has 2 aromatic rings. The van der Waals surface area contributed by atoms with E-state index in [2.05, 4.69) is 0 Å². The highest BCUT2D eigenvalue weighted by Gasteiger charge is 2.25. The quantitative estimate of drug-likeness (QED) is 0.611. The van der Waals surface area contributed by atoms with Crippen molar-refractivity contribution in [3.63, 3.8) is 0 Å². The smallest absolute Gasteiger partial charge is 0.324 e. The molecule has 0 saturated carbocycles. The number of morpholine rings is 1. The number of ketones is 1. The van der Waals surface area contributed by atoms with Gasteiger partial charge >= 0.3 is 12.5 Å². The molecule has 0 unspecified atom stereocenters. The Labute approximate surface area is 193 Å². The van der Waals surface area contributed by atoms with Crippen molar-refractivity contribution in [3.8, 4) is 0 Å². The summed E-state index contributed by atoms with van der Waals surface area (Å²) in [4.78, 5) is 39.2. The van der Waals surface area contributed by atoms with E-state index in [1.807, 2.05) is 0 Å². The molecular weight excluding hydrogens is 463 g/mol. The van der Waals surface area contributed by atoms with Crippen LogP contribution in [-0.2, 0) is 16.1 Å². The number of Topliss-reactive ketones (excluding diaryl/α,β-unsaturated/α-hetero) is 1. The number of nitrogens with zero attached hydrogens (tertiary/aromatic N) is 2. The number of carbonyl (C=O) groups excluding carboxylic acids is 3. The summed E-state index contributed by atoms with van der Waals surface area (Å²) in [5.41, 5.74) is 0.549. The SMILES string of the molecule is O=C(CNC(=O)C(F)F)c1ccc(CN(C(=O)N2CCOCC2)c2ccc(Cl)cc2)c(F)c1. The number of anilines is 1. The Kier molecular flexibility index (Phi) is 8.29. The summed E-state index contributed by atoms with van der Waals surface area (Å²) < 4.78 is 44.6. The summed E-state index contributed by atoms with van der Waals surface area (Å²) in [5, 5.41) is 2.26. The summed E-state index contributed by atoms with van der Waals surface area (Å²) in [6.07, 6.45) is -3.25. The van der Waals surface area contributed by atoms with E-state index in [0.29, 0.717) is 37.0 Å². The maximum Gasteiger partial charge on any atom is 0.324 e. The van der Waals surface area contributed by atoms with E-state index in [0.717, 1.165) is 6.07 Å². The highest BCUT2D eigenvalue weighted by Crippen LogP contribution is 2.23. The molecule has 2 aromatic carbocycles. The van der Waals surface area contributed by atoms with Gasteiger partial charge in [-0.1, -0.05) is 23.7 Å². The number of carbonyl (C=O) groups is 3. The van der Waals surface area contributed by atoms with Crippen molar-refractivity contribution in [3.05, 3.63) is 64.4 Å². The van der Waals surface area contributed by atoms with Crippen LogP contribution in [0.15, 0.2) is 42.5 Å². The first-order chi connectivity index (χ1) is 15.8. The fourth-order valence-electron chi connectivity index (χ4n) is 3.18. The van der Waals surface area contributed by atoms with Crippen LogP contribution in [0.1, 0.15) is 15.9 Å². The summed E-state index contributed by atoms with van der Waals surface area (Å²) in [7, 11) is 0. The molecule has 1 N–H and O–H groups in total. The predicted molar refractivity (Wildman–Crippen MR) is 115 cm³/mol. The molecule has 1 saturated heterocycles. The molecular formula is C22H21ClF3N3O4. The molecule has 1 aliphatic rings. The van der Waals surface area contributed by atoms with Crippen LogP contribution in [0.25, 0.3) is 0 Å². The Bertz CT molecular complexity index is 1010. The minimum absolute atomic E-state index is 0.0941. The number of nitrogens with one attached hydrogen (secondary N) is 1. The third-order valence-electron chi connectivity index (χ3n) is 4.98. The van der Waals surface area contributed by atoms with E-state index in [1.165, 1.54) is 17.0 Å². The van der Waals surface area contributed by atoms with Crippen LogP contribution < -0.4 is 10.2 Å². The summed E-state index contributed by atoms with van der Waals surface area (Å²) in [6, 6.07) is 9.77. The van der Waals surface area contributed by atoms with Crippen molar-refractivity contribution in [1.29, 1.82) is 0 Å². The largest absolute Gasteiger partial charge is 0.378 e. The maximum absolute atomic E-state index is 14.8. The highest BCUT2D eigenvalue weighted by atomic mass is 35.5. The minimum atomic E-state index is -3.25. The van der Waals surface area contributed by atoms with Crippen LogP contribution in [0.4, 0.5) is 23.7 Å². The first kappa shape index (κ1) is 24.5. The highest BCUT2D eigenvalue weighted by molar-refractivity contribution is 6.30. The van der Waals surface area contributed by atoms with Gasteiger partial charge in [0, 0.05) is 34.9 Å². The van der Waals surface area contributed by atoms with Crippen molar-refractivity contribution in [2.45, 2.75) is 13.0 Å². The number of halogens is 4. The Balaban J connectivity index is 1.79. The lowest BCUT2D eigenvalue weighted by atomic mass is 10.1. The number of hydrogen-bond acceptors (Lipinski definition) is 4. The average Bonchev–Trinajstić information content (AvgIpc) is 2.82. The molecule has 0 bridgehead atoms. The van der Waals surface area contributed by atoms with Gasteiger partial charge in [-0.15, -0.1) is 0 Å². The normalized spacial score (nSPS) is 13.7. The topological polar surface area (TPSA) is 79.0 Å². The number of rotatable bonds is 7. The molecule has 176 valence electrons. The third-order valence-corrected chi connectivity index (χ3v) is 5.23. The number of amides is 3. The van der Waals surface area contributed by atoms with Crippen LogP contribution in [0.3, 0.4) is 0 Å². The zero-order valence-electron chi connectivity index (χ0n) is 17.4. The summed E-state index contributed by atoms with van der Waals surface area (Å²) in [5.74, 6) is -3.07. The second kappa shape index (κ2) is 11.2. The van der Waals surface area contributed by atoms with Gasteiger partial charge in [0.25, 0.3) is 5.91 Å². The van der Waals surface area contributed by atoms with Gasteiger partial charge in [-0.25, -0.2) is 9.18 Å². The van der Waals surface area contributed by atoms with Gasteiger partial charge in [0.05, 0.1) is 26.3 Å². The summed E-state index contributed by atoms with van der Waals surface area (Å²) in [6.45, 7) is 0.766. The maximum atomic E-state index is 14.8. The van der Waals surface area contributed by atoms with Gasteiger partial charge in [0.1, 0.15) is 5.82 Å². The number of benzene rings is 2. The average molecular weight is 484 g/mol. The van der Waals surface area contributed by atoms with E-state index in [1.54, 1.807) is 34.5 Å². The van der Waals surface area contributed by atoms with Crippen LogP contribution in [0.2, 0.25) is 5.02 Å². The van der Waals surface area contributed by atoms with Crippen LogP contribution in [-0.4, -0.2) is 61.9 Å². The molecule has 0 atom stereocenters. The van der Waals surface area contributed by atoms with Gasteiger partial charge in [-0.05, 0) is 30.3 Å². The lowest BCUT2D eigenvalue weighted by molar-refractivity contribution is -0.131.